The van der Waals surface area contributed by atoms with Crippen LogP contribution >= 0.6 is 28.1 Å². The first-order valence-corrected chi connectivity index (χ1v) is 9.78. The van der Waals surface area contributed by atoms with Crippen LogP contribution < -0.4 is 15.5 Å². The zero-order valence-electron chi connectivity index (χ0n) is 15.5. The lowest BCUT2D eigenvalue weighted by atomic mass is 10.2. The van der Waals surface area contributed by atoms with Gasteiger partial charge < -0.3 is 15.5 Å². The van der Waals surface area contributed by atoms with Crippen LogP contribution in [0.4, 0.5) is 5.69 Å². The summed E-state index contributed by atoms with van der Waals surface area (Å²) in [6.07, 6.45) is 0. The van der Waals surface area contributed by atoms with Crippen molar-refractivity contribution >= 4 is 39.7 Å². The van der Waals surface area contributed by atoms with E-state index in [2.05, 4.69) is 36.9 Å². The van der Waals surface area contributed by atoms with E-state index in [1.54, 1.807) is 4.68 Å². The van der Waals surface area contributed by atoms with E-state index >= 15 is 0 Å². The molecule has 7 nitrogen and oxygen atoms in total. The van der Waals surface area contributed by atoms with Crippen molar-refractivity contribution in [2.24, 2.45) is 0 Å². The molecule has 0 aliphatic rings. The molecule has 0 atom stereocenters. The number of amides is 1. The molecule has 3 rings (SSSR count). The summed E-state index contributed by atoms with van der Waals surface area (Å²) in [7, 11) is 0. The lowest BCUT2D eigenvalue weighted by Crippen LogP contribution is -2.21. The highest BCUT2D eigenvalue weighted by Crippen LogP contribution is 2.23. The molecule has 0 spiro atoms. The third-order valence-electron chi connectivity index (χ3n) is 3.98. The molecule has 0 aliphatic heterocycles. The van der Waals surface area contributed by atoms with Crippen molar-refractivity contribution in [2.75, 3.05) is 17.3 Å². The monoisotopic (exact) mass is 461 g/mol. The smallest absolute Gasteiger partial charge is 0.262 e. The van der Waals surface area contributed by atoms with E-state index in [-0.39, 0.29) is 12.5 Å². The van der Waals surface area contributed by atoms with E-state index in [1.165, 1.54) is 0 Å². The number of rotatable bonds is 7. The predicted octanol–water partition coefficient (Wildman–Crippen LogP) is 4.08. The van der Waals surface area contributed by atoms with Crippen LogP contribution in [0.3, 0.4) is 0 Å². The summed E-state index contributed by atoms with van der Waals surface area (Å²) >= 11 is 8.66. The van der Waals surface area contributed by atoms with Crippen molar-refractivity contribution in [1.82, 2.24) is 14.9 Å². The lowest BCUT2D eigenvalue weighted by molar-refractivity contribution is -0.118. The molecule has 0 unspecified atom stereocenters. The molecule has 0 fully saturated rings. The van der Waals surface area contributed by atoms with Crippen molar-refractivity contribution in [3.05, 3.63) is 68.7 Å². The Bertz CT molecular complexity index is 1030. The van der Waals surface area contributed by atoms with Gasteiger partial charge in [-0.05, 0) is 56.4 Å². The van der Waals surface area contributed by atoms with Gasteiger partial charge in [-0.3, -0.25) is 9.89 Å². The summed E-state index contributed by atoms with van der Waals surface area (Å²) in [5.41, 5.74) is 5.94. The zero-order chi connectivity index (χ0) is 20.1. The van der Waals surface area contributed by atoms with E-state index in [0.29, 0.717) is 17.1 Å². The molecule has 28 heavy (non-hydrogen) atoms. The number of halogens is 1. The van der Waals surface area contributed by atoms with Gasteiger partial charge in [-0.15, -0.1) is 0 Å². The number of aromatic amines is 1. The number of hydrogen-bond donors (Lipinski definition) is 3. The number of anilines is 1. The number of aryl methyl sites for hydroxylation is 2. The number of carbonyl (C=O) groups excluding carboxylic acids is 1. The van der Waals surface area contributed by atoms with Gasteiger partial charge in [0, 0.05) is 15.7 Å². The Balaban J connectivity index is 1.64. The molecule has 3 aromatic rings. The van der Waals surface area contributed by atoms with Gasteiger partial charge in [0.25, 0.3) is 5.91 Å². The van der Waals surface area contributed by atoms with Crippen molar-refractivity contribution in [3.63, 3.8) is 0 Å². The Kier molecular flexibility index (Phi) is 6.48. The van der Waals surface area contributed by atoms with Crippen LogP contribution in [-0.4, -0.2) is 27.4 Å². The Labute approximate surface area is 176 Å². The normalized spacial score (nSPS) is 10.5. The fraction of sp³-hybridized carbons (Fsp3) is 0.211. The van der Waals surface area contributed by atoms with E-state index in [9.17, 15) is 4.79 Å². The molecular weight excluding hydrogens is 442 g/mol. The van der Waals surface area contributed by atoms with E-state index in [1.807, 2.05) is 56.3 Å². The summed E-state index contributed by atoms with van der Waals surface area (Å²) in [5, 5.41) is 9.61. The number of nitrogens with one attached hydrogen (secondary N) is 3. The van der Waals surface area contributed by atoms with E-state index in [4.69, 9.17) is 17.0 Å². The van der Waals surface area contributed by atoms with Gasteiger partial charge in [-0.25, -0.2) is 4.68 Å². The molecule has 146 valence electrons. The van der Waals surface area contributed by atoms with Crippen LogP contribution in [0.15, 0.2) is 46.9 Å². The fourth-order valence-corrected chi connectivity index (χ4v) is 3.18. The van der Waals surface area contributed by atoms with Crippen molar-refractivity contribution in [2.45, 2.75) is 20.4 Å². The zero-order valence-corrected chi connectivity index (χ0v) is 17.9. The minimum atomic E-state index is -0.224. The van der Waals surface area contributed by atoms with Crippen molar-refractivity contribution in [3.8, 4) is 5.75 Å². The molecule has 0 saturated carbocycles. The number of hydrogen-bond acceptors (Lipinski definition) is 5. The maximum absolute atomic E-state index is 12.2. The van der Waals surface area contributed by atoms with Gasteiger partial charge in [-0.1, -0.05) is 33.6 Å². The summed E-state index contributed by atoms with van der Waals surface area (Å²) in [5.74, 6) is 1.11. The lowest BCUT2D eigenvalue weighted by Gasteiger charge is -2.14. The number of nitrogens with zero attached hydrogens (tertiary/aromatic N) is 2. The Morgan fingerprint density at radius 3 is 2.68 bits per heavy atom. The summed E-state index contributed by atoms with van der Waals surface area (Å²) in [6.45, 7) is 4.19. The molecule has 9 heteroatoms. The third kappa shape index (κ3) is 5.20. The van der Waals surface area contributed by atoms with E-state index < -0.39 is 0 Å². The largest absolute Gasteiger partial charge is 0.483 e. The second-order valence-corrected chi connectivity index (χ2v) is 7.50. The minimum Gasteiger partial charge on any atom is -0.483 e. The quantitative estimate of drug-likeness (QED) is 0.461. The molecular formula is C19H20BrN5O2S. The Morgan fingerprint density at radius 2 is 2.00 bits per heavy atom. The fourth-order valence-electron chi connectivity index (χ4n) is 2.53. The number of benzene rings is 2. The first-order valence-electron chi connectivity index (χ1n) is 8.58. The first-order chi connectivity index (χ1) is 13.4. The highest BCUT2D eigenvalue weighted by atomic mass is 79.9. The SMILES string of the molecule is Cc1ccc(NC(=O)COc2ccc(Br)cc2CNn2c(C)n[nH]c2=S)cc1. The van der Waals surface area contributed by atoms with Crippen LogP contribution in [0.5, 0.6) is 5.75 Å². The number of carbonyl (C=O) groups is 1. The molecule has 1 amide bonds. The topological polar surface area (TPSA) is 84.0 Å². The minimum absolute atomic E-state index is 0.0906. The molecule has 0 saturated heterocycles. The van der Waals surface area contributed by atoms with E-state index in [0.717, 1.165) is 27.1 Å². The van der Waals surface area contributed by atoms with Crippen molar-refractivity contribution in [1.29, 1.82) is 0 Å². The van der Waals surface area contributed by atoms with Gasteiger partial charge in [0.2, 0.25) is 4.77 Å². The first kappa shape index (κ1) is 20.1. The Hall–Kier alpha value is -2.65. The highest BCUT2D eigenvalue weighted by molar-refractivity contribution is 9.10. The molecule has 0 aliphatic carbocycles. The average molecular weight is 462 g/mol. The summed E-state index contributed by atoms with van der Waals surface area (Å²) < 4.78 is 8.82. The number of ether oxygens (including phenoxy) is 1. The van der Waals surface area contributed by atoms with Crippen LogP contribution in [-0.2, 0) is 11.3 Å². The van der Waals surface area contributed by atoms with Gasteiger partial charge in [-0.2, -0.15) is 5.10 Å². The third-order valence-corrected chi connectivity index (χ3v) is 4.75. The standard InChI is InChI=1S/C19H20BrN5O2S/c1-12-3-6-16(7-4-12)22-18(26)11-27-17-8-5-15(20)9-14(17)10-21-25-13(2)23-24-19(25)28/h3-9,21H,10-11H2,1-2H3,(H,22,26)(H,24,28). The van der Waals surface area contributed by atoms with Gasteiger partial charge >= 0.3 is 0 Å². The van der Waals surface area contributed by atoms with Gasteiger partial charge in [0.05, 0.1) is 6.54 Å². The number of H-pyrrole nitrogens is 1. The highest BCUT2D eigenvalue weighted by Gasteiger charge is 2.09. The number of aromatic nitrogens is 3. The van der Waals surface area contributed by atoms with Crippen LogP contribution in [0.25, 0.3) is 0 Å². The molecule has 0 bridgehead atoms. The molecule has 1 heterocycles. The summed E-state index contributed by atoms with van der Waals surface area (Å²) in [6, 6.07) is 13.2. The predicted molar refractivity (Wildman–Crippen MR) is 115 cm³/mol. The van der Waals surface area contributed by atoms with Crippen LogP contribution in [0, 0.1) is 18.6 Å². The van der Waals surface area contributed by atoms with Crippen molar-refractivity contribution < 1.29 is 9.53 Å². The molecule has 1 aromatic heterocycles. The van der Waals surface area contributed by atoms with Gasteiger partial charge in [0.1, 0.15) is 11.6 Å². The van der Waals surface area contributed by atoms with Gasteiger partial charge in [0.15, 0.2) is 6.61 Å². The maximum atomic E-state index is 12.2. The summed E-state index contributed by atoms with van der Waals surface area (Å²) in [4.78, 5) is 12.2. The van der Waals surface area contributed by atoms with Crippen LogP contribution in [0.1, 0.15) is 17.0 Å². The molecule has 0 radical (unpaired) electrons. The van der Waals surface area contributed by atoms with Crippen LogP contribution in [0.2, 0.25) is 0 Å². The maximum Gasteiger partial charge on any atom is 0.262 e. The molecule has 3 N–H and O–H groups in total. The second-order valence-electron chi connectivity index (χ2n) is 6.20. The Morgan fingerprint density at radius 1 is 1.25 bits per heavy atom. The second kappa shape index (κ2) is 9.03. The molecule has 2 aromatic carbocycles. The average Bonchev–Trinajstić information content (AvgIpc) is 2.99.